The molecule has 2 unspecified atom stereocenters. The van der Waals surface area contributed by atoms with E-state index in [0.717, 1.165) is 12.8 Å². The fourth-order valence-electron chi connectivity index (χ4n) is 2.57. The number of nitrogens with zero attached hydrogens (tertiary/aromatic N) is 1. The molecule has 4 N–H and O–H groups in total. The molecule has 104 valence electrons. The Morgan fingerprint density at radius 1 is 1.37 bits per heavy atom. The van der Waals surface area contributed by atoms with E-state index in [2.05, 4.69) is 24.3 Å². The van der Waals surface area contributed by atoms with E-state index in [1.807, 2.05) is 0 Å². The Bertz CT molecular complexity index is 466. The maximum Gasteiger partial charge on any atom is 0.335 e. The van der Waals surface area contributed by atoms with Crippen LogP contribution in [0.1, 0.15) is 43.5 Å². The molecular formula is C14H21N3O2. The summed E-state index contributed by atoms with van der Waals surface area (Å²) in [5.41, 5.74) is 10.7. The van der Waals surface area contributed by atoms with Crippen molar-refractivity contribution in [2.75, 3.05) is 11.2 Å². The third kappa shape index (κ3) is 2.98. The molecule has 0 aromatic heterocycles. The average molecular weight is 263 g/mol. The van der Waals surface area contributed by atoms with Crippen molar-refractivity contribution in [1.82, 2.24) is 5.01 Å². The first-order valence-corrected chi connectivity index (χ1v) is 6.67. The van der Waals surface area contributed by atoms with Gasteiger partial charge in [-0.2, -0.15) is 0 Å². The zero-order valence-electron chi connectivity index (χ0n) is 11.4. The lowest BCUT2D eigenvalue weighted by Crippen LogP contribution is -2.47. The molecule has 0 aliphatic carbocycles. The van der Waals surface area contributed by atoms with Crippen molar-refractivity contribution in [2.24, 2.45) is 0 Å². The molecule has 1 aromatic rings. The number of benzene rings is 1. The molecule has 1 aliphatic rings. The monoisotopic (exact) mass is 263 g/mol. The zero-order chi connectivity index (χ0) is 14.0. The summed E-state index contributed by atoms with van der Waals surface area (Å²) in [7, 11) is 0. The van der Waals surface area contributed by atoms with Crippen LogP contribution in [0, 0.1) is 0 Å². The van der Waals surface area contributed by atoms with Gasteiger partial charge in [0.2, 0.25) is 0 Å². The fraction of sp³-hybridized carbons (Fsp3) is 0.500. The van der Waals surface area contributed by atoms with Crippen LogP contribution in [0.4, 0.5) is 11.4 Å². The van der Waals surface area contributed by atoms with Gasteiger partial charge >= 0.3 is 5.97 Å². The van der Waals surface area contributed by atoms with Gasteiger partial charge < -0.3 is 16.3 Å². The number of hydrogen-bond acceptors (Lipinski definition) is 4. The lowest BCUT2D eigenvalue weighted by atomic mass is 10.00. The SMILES string of the molecule is CC1CCCC(C)N1Nc1cc(C(=O)O)ccc1N. The number of piperidine rings is 1. The van der Waals surface area contributed by atoms with Crippen molar-refractivity contribution in [1.29, 1.82) is 0 Å². The van der Waals surface area contributed by atoms with Gasteiger partial charge in [0.25, 0.3) is 0 Å². The molecule has 0 bridgehead atoms. The molecule has 1 aromatic carbocycles. The quantitative estimate of drug-likeness (QED) is 0.730. The summed E-state index contributed by atoms with van der Waals surface area (Å²) >= 11 is 0. The molecule has 5 nitrogen and oxygen atoms in total. The van der Waals surface area contributed by atoms with Crippen LogP contribution in [-0.4, -0.2) is 28.2 Å². The molecule has 1 saturated heterocycles. The molecule has 0 radical (unpaired) electrons. The number of rotatable bonds is 3. The van der Waals surface area contributed by atoms with E-state index < -0.39 is 5.97 Å². The summed E-state index contributed by atoms with van der Waals surface area (Å²) in [6.07, 6.45) is 3.50. The number of nitrogens with two attached hydrogens (primary N) is 1. The standard InChI is InChI=1S/C14H21N3O2/c1-9-4-3-5-10(2)17(9)16-13-8-11(14(18)19)6-7-12(13)15/h6-10,16H,3-5,15H2,1-2H3,(H,18,19). The van der Waals surface area contributed by atoms with Crippen LogP contribution in [0.2, 0.25) is 0 Å². The molecule has 1 aliphatic heterocycles. The Morgan fingerprint density at radius 3 is 2.58 bits per heavy atom. The molecule has 1 fully saturated rings. The Morgan fingerprint density at radius 2 is 2.00 bits per heavy atom. The van der Waals surface area contributed by atoms with Crippen molar-refractivity contribution in [2.45, 2.75) is 45.2 Å². The predicted molar refractivity (Wildman–Crippen MR) is 76.1 cm³/mol. The van der Waals surface area contributed by atoms with Crippen LogP contribution >= 0.6 is 0 Å². The number of anilines is 2. The van der Waals surface area contributed by atoms with Crippen LogP contribution in [0.15, 0.2) is 18.2 Å². The maximum atomic E-state index is 11.0. The van der Waals surface area contributed by atoms with Gasteiger partial charge in [-0.05, 0) is 44.9 Å². The van der Waals surface area contributed by atoms with E-state index in [0.29, 0.717) is 23.5 Å². The summed E-state index contributed by atoms with van der Waals surface area (Å²) in [5, 5.41) is 11.2. The summed E-state index contributed by atoms with van der Waals surface area (Å²) < 4.78 is 0. The third-order valence-corrected chi connectivity index (χ3v) is 3.74. The van der Waals surface area contributed by atoms with Crippen LogP contribution < -0.4 is 11.2 Å². The molecular weight excluding hydrogens is 242 g/mol. The first kappa shape index (κ1) is 13.7. The Kier molecular flexibility index (Phi) is 3.95. The molecule has 0 saturated carbocycles. The number of hydrogen-bond donors (Lipinski definition) is 3. The van der Waals surface area contributed by atoms with Gasteiger partial charge in [0, 0.05) is 12.1 Å². The highest BCUT2D eigenvalue weighted by Crippen LogP contribution is 2.26. The minimum atomic E-state index is -0.942. The maximum absolute atomic E-state index is 11.0. The highest BCUT2D eigenvalue weighted by molar-refractivity contribution is 5.90. The van der Waals surface area contributed by atoms with Gasteiger partial charge in [-0.15, -0.1) is 0 Å². The van der Waals surface area contributed by atoms with Crippen molar-refractivity contribution >= 4 is 17.3 Å². The second kappa shape index (κ2) is 5.48. The largest absolute Gasteiger partial charge is 0.478 e. The lowest BCUT2D eigenvalue weighted by Gasteiger charge is -2.39. The molecule has 2 rings (SSSR count). The second-order valence-corrected chi connectivity index (χ2v) is 5.26. The molecule has 0 spiro atoms. The number of nitrogens with one attached hydrogen (secondary N) is 1. The number of carboxylic acids is 1. The van der Waals surface area contributed by atoms with Crippen molar-refractivity contribution < 1.29 is 9.90 Å². The zero-order valence-corrected chi connectivity index (χ0v) is 11.4. The predicted octanol–water partition coefficient (Wildman–Crippen LogP) is 2.56. The van der Waals surface area contributed by atoms with E-state index in [9.17, 15) is 4.79 Å². The van der Waals surface area contributed by atoms with Gasteiger partial charge in [0.1, 0.15) is 0 Å². The number of carbonyl (C=O) groups is 1. The normalized spacial score (nSPS) is 24.1. The summed E-state index contributed by atoms with van der Waals surface area (Å²) in [4.78, 5) is 11.0. The van der Waals surface area contributed by atoms with Crippen LogP contribution in [-0.2, 0) is 0 Å². The summed E-state index contributed by atoms with van der Waals surface area (Å²) in [6.45, 7) is 4.33. The highest BCUT2D eigenvalue weighted by atomic mass is 16.4. The fourth-order valence-corrected chi connectivity index (χ4v) is 2.57. The van der Waals surface area contributed by atoms with E-state index in [-0.39, 0.29) is 5.56 Å². The molecule has 1 heterocycles. The van der Waals surface area contributed by atoms with Crippen molar-refractivity contribution in [3.05, 3.63) is 23.8 Å². The number of aromatic carboxylic acids is 1. The first-order valence-electron chi connectivity index (χ1n) is 6.67. The molecule has 19 heavy (non-hydrogen) atoms. The Hall–Kier alpha value is -1.75. The minimum Gasteiger partial charge on any atom is -0.478 e. The van der Waals surface area contributed by atoms with Gasteiger partial charge in [0.05, 0.1) is 16.9 Å². The Labute approximate surface area is 113 Å². The number of nitrogen functional groups attached to an aromatic ring is 1. The average Bonchev–Trinajstić information content (AvgIpc) is 2.35. The molecule has 5 heteroatoms. The van der Waals surface area contributed by atoms with E-state index in [1.54, 1.807) is 12.1 Å². The van der Waals surface area contributed by atoms with Crippen LogP contribution in [0.3, 0.4) is 0 Å². The topological polar surface area (TPSA) is 78.6 Å². The van der Waals surface area contributed by atoms with Gasteiger partial charge in [-0.25, -0.2) is 9.80 Å². The summed E-state index contributed by atoms with van der Waals surface area (Å²) in [6, 6.07) is 5.57. The lowest BCUT2D eigenvalue weighted by molar-refractivity contribution is 0.0697. The minimum absolute atomic E-state index is 0.244. The Balaban J connectivity index is 2.21. The van der Waals surface area contributed by atoms with Crippen molar-refractivity contribution in [3.63, 3.8) is 0 Å². The second-order valence-electron chi connectivity index (χ2n) is 5.26. The number of hydrazine groups is 1. The smallest absolute Gasteiger partial charge is 0.335 e. The van der Waals surface area contributed by atoms with E-state index in [1.165, 1.54) is 12.5 Å². The highest BCUT2D eigenvalue weighted by Gasteiger charge is 2.25. The van der Waals surface area contributed by atoms with Gasteiger partial charge in [-0.1, -0.05) is 6.42 Å². The van der Waals surface area contributed by atoms with Gasteiger partial charge in [-0.3, -0.25) is 0 Å². The van der Waals surface area contributed by atoms with E-state index >= 15 is 0 Å². The van der Waals surface area contributed by atoms with E-state index in [4.69, 9.17) is 10.8 Å². The van der Waals surface area contributed by atoms with Crippen molar-refractivity contribution in [3.8, 4) is 0 Å². The third-order valence-electron chi connectivity index (χ3n) is 3.74. The van der Waals surface area contributed by atoms with Crippen LogP contribution in [0.5, 0.6) is 0 Å². The van der Waals surface area contributed by atoms with Gasteiger partial charge in [0.15, 0.2) is 0 Å². The summed E-state index contributed by atoms with van der Waals surface area (Å²) in [5.74, 6) is -0.942. The molecule has 0 amide bonds. The first-order chi connectivity index (χ1) is 8.99. The van der Waals surface area contributed by atoms with Crippen LogP contribution in [0.25, 0.3) is 0 Å². The number of carboxylic acid groups (broad SMARTS) is 1. The molecule has 2 atom stereocenters.